The van der Waals surface area contributed by atoms with Crippen molar-refractivity contribution in [2.45, 2.75) is 37.9 Å². The Balaban J connectivity index is 1.54. The topological polar surface area (TPSA) is 59.6 Å². The van der Waals surface area contributed by atoms with Crippen LogP contribution in [0.5, 0.6) is 11.5 Å². The maximum atomic E-state index is 13.3. The summed E-state index contributed by atoms with van der Waals surface area (Å²) in [6.45, 7) is 2.21. The van der Waals surface area contributed by atoms with E-state index in [9.17, 15) is 9.18 Å². The van der Waals surface area contributed by atoms with Crippen molar-refractivity contribution in [2.24, 2.45) is 0 Å². The Labute approximate surface area is 151 Å². The van der Waals surface area contributed by atoms with Gasteiger partial charge in [0.15, 0.2) is 11.5 Å². The lowest BCUT2D eigenvalue weighted by molar-refractivity contribution is -0.123. The molecule has 0 bridgehead atoms. The van der Waals surface area contributed by atoms with Crippen molar-refractivity contribution >= 4 is 5.91 Å². The van der Waals surface area contributed by atoms with E-state index in [0.29, 0.717) is 5.75 Å². The van der Waals surface area contributed by atoms with Crippen molar-refractivity contribution < 1.29 is 18.7 Å². The Hall–Kier alpha value is -2.60. The van der Waals surface area contributed by atoms with Crippen molar-refractivity contribution in [2.75, 3.05) is 6.79 Å². The van der Waals surface area contributed by atoms with E-state index in [1.54, 1.807) is 12.1 Å². The standard InChI is InChI=1S/C20H21FN2O3/c1-12(14-4-9-17-18(10-14)26-11-25-17)22-19(20(24)23-16-7-8-16)13-2-5-15(21)6-3-13/h2-6,9-10,12,16,19,22H,7-8,11H2,1H3,(H,23,24)/t12-,19-/m1/s1. The molecule has 0 radical (unpaired) electrons. The van der Waals surface area contributed by atoms with Crippen LogP contribution in [0.2, 0.25) is 0 Å². The zero-order valence-corrected chi connectivity index (χ0v) is 14.5. The summed E-state index contributed by atoms with van der Waals surface area (Å²) in [5.41, 5.74) is 1.72. The van der Waals surface area contributed by atoms with E-state index < -0.39 is 6.04 Å². The normalized spacial score (nSPS) is 17.6. The third kappa shape index (κ3) is 3.65. The van der Waals surface area contributed by atoms with Gasteiger partial charge in [-0.2, -0.15) is 0 Å². The Morgan fingerprint density at radius 2 is 1.77 bits per heavy atom. The predicted octanol–water partition coefficient (Wildman–Crippen LogP) is 3.22. The average molecular weight is 356 g/mol. The Morgan fingerprint density at radius 1 is 1.08 bits per heavy atom. The van der Waals surface area contributed by atoms with E-state index in [4.69, 9.17) is 9.47 Å². The van der Waals surface area contributed by atoms with Gasteiger partial charge in [0.2, 0.25) is 12.7 Å². The lowest BCUT2D eigenvalue weighted by Gasteiger charge is -2.24. The number of hydrogen-bond donors (Lipinski definition) is 2. The molecule has 2 aromatic rings. The number of nitrogens with one attached hydrogen (secondary N) is 2. The van der Waals surface area contributed by atoms with Crippen LogP contribution in [0.15, 0.2) is 42.5 Å². The van der Waals surface area contributed by atoms with Crippen LogP contribution in [0, 0.1) is 5.82 Å². The first-order valence-corrected chi connectivity index (χ1v) is 8.81. The fourth-order valence-corrected chi connectivity index (χ4v) is 3.02. The number of benzene rings is 2. The van der Waals surface area contributed by atoms with Crippen molar-refractivity contribution in [3.8, 4) is 11.5 Å². The van der Waals surface area contributed by atoms with E-state index in [0.717, 1.165) is 29.7 Å². The molecular weight excluding hydrogens is 335 g/mol. The summed E-state index contributed by atoms with van der Waals surface area (Å²) < 4.78 is 24.1. The second kappa shape index (κ2) is 6.96. The highest BCUT2D eigenvalue weighted by molar-refractivity contribution is 5.83. The molecule has 2 aliphatic rings. The SMILES string of the molecule is C[C@@H](N[C@@H](C(=O)NC1CC1)c1ccc(F)cc1)c1ccc2c(c1)OCO2. The molecule has 5 nitrogen and oxygen atoms in total. The van der Waals surface area contributed by atoms with Crippen LogP contribution in [0.3, 0.4) is 0 Å². The molecule has 1 aliphatic carbocycles. The van der Waals surface area contributed by atoms with E-state index in [2.05, 4.69) is 10.6 Å². The molecule has 2 atom stereocenters. The smallest absolute Gasteiger partial charge is 0.241 e. The quantitative estimate of drug-likeness (QED) is 0.834. The second-order valence-electron chi connectivity index (χ2n) is 6.77. The third-order valence-corrected chi connectivity index (χ3v) is 4.70. The van der Waals surface area contributed by atoms with E-state index >= 15 is 0 Å². The summed E-state index contributed by atoms with van der Waals surface area (Å²) >= 11 is 0. The summed E-state index contributed by atoms with van der Waals surface area (Å²) in [5.74, 6) is 1.02. The first-order chi connectivity index (χ1) is 12.6. The van der Waals surface area contributed by atoms with Gasteiger partial charge >= 0.3 is 0 Å². The van der Waals surface area contributed by atoms with Gasteiger partial charge in [0.1, 0.15) is 11.9 Å². The number of hydrogen-bond acceptors (Lipinski definition) is 4. The van der Waals surface area contributed by atoms with E-state index in [1.165, 1.54) is 12.1 Å². The number of fused-ring (bicyclic) bond motifs is 1. The van der Waals surface area contributed by atoms with Gasteiger partial charge in [0.05, 0.1) is 0 Å². The van der Waals surface area contributed by atoms with Gasteiger partial charge in [-0.3, -0.25) is 10.1 Å². The van der Waals surface area contributed by atoms with Gasteiger partial charge in [-0.15, -0.1) is 0 Å². The molecule has 0 aromatic heterocycles. The number of rotatable bonds is 6. The molecule has 2 aromatic carbocycles. The lowest BCUT2D eigenvalue weighted by Crippen LogP contribution is -2.39. The van der Waals surface area contributed by atoms with Gasteiger partial charge in [-0.25, -0.2) is 4.39 Å². The number of ether oxygens (including phenoxy) is 2. The summed E-state index contributed by atoms with van der Waals surface area (Å²) in [5, 5.41) is 6.39. The first kappa shape index (κ1) is 16.8. The van der Waals surface area contributed by atoms with Gasteiger partial charge < -0.3 is 14.8 Å². The van der Waals surface area contributed by atoms with Crippen LogP contribution in [0.4, 0.5) is 4.39 Å². The van der Waals surface area contributed by atoms with Gasteiger partial charge in [-0.05, 0) is 55.2 Å². The third-order valence-electron chi connectivity index (χ3n) is 4.70. The highest BCUT2D eigenvalue weighted by Gasteiger charge is 2.29. The number of carbonyl (C=O) groups excluding carboxylic acids is 1. The second-order valence-corrected chi connectivity index (χ2v) is 6.77. The summed E-state index contributed by atoms with van der Waals surface area (Å²) in [4.78, 5) is 12.7. The lowest BCUT2D eigenvalue weighted by atomic mass is 10.0. The number of carbonyl (C=O) groups is 1. The van der Waals surface area contributed by atoms with E-state index in [1.807, 2.05) is 25.1 Å². The molecule has 1 fully saturated rings. The molecule has 0 spiro atoms. The summed E-state index contributed by atoms with van der Waals surface area (Å²) in [6.07, 6.45) is 2.03. The molecule has 1 aliphatic heterocycles. The minimum absolute atomic E-state index is 0.0910. The van der Waals surface area contributed by atoms with Gasteiger partial charge in [-0.1, -0.05) is 18.2 Å². The van der Waals surface area contributed by atoms with Gasteiger partial charge in [0.25, 0.3) is 0 Å². The van der Waals surface area contributed by atoms with Crippen LogP contribution in [-0.4, -0.2) is 18.7 Å². The highest BCUT2D eigenvalue weighted by Crippen LogP contribution is 2.34. The molecular formula is C20H21FN2O3. The van der Waals surface area contributed by atoms with Crippen LogP contribution in [0.1, 0.15) is 43.0 Å². The minimum Gasteiger partial charge on any atom is -0.454 e. The Bertz CT molecular complexity index is 805. The van der Waals surface area contributed by atoms with Crippen LogP contribution >= 0.6 is 0 Å². The average Bonchev–Trinajstić information content (AvgIpc) is 3.32. The number of halogens is 1. The fraction of sp³-hybridized carbons (Fsp3) is 0.350. The van der Waals surface area contributed by atoms with Crippen LogP contribution < -0.4 is 20.1 Å². The zero-order valence-electron chi connectivity index (χ0n) is 14.5. The van der Waals surface area contributed by atoms with Crippen molar-refractivity contribution in [1.29, 1.82) is 0 Å². The Kier molecular flexibility index (Phi) is 4.51. The maximum Gasteiger partial charge on any atom is 0.241 e. The largest absolute Gasteiger partial charge is 0.454 e. The highest BCUT2D eigenvalue weighted by atomic mass is 19.1. The van der Waals surface area contributed by atoms with Crippen LogP contribution in [-0.2, 0) is 4.79 Å². The molecule has 1 saturated carbocycles. The van der Waals surface area contributed by atoms with Crippen molar-refractivity contribution in [1.82, 2.24) is 10.6 Å². The summed E-state index contributed by atoms with van der Waals surface area (Å²) in [7, 11) is 0. The molecule has 1 heterocycles. The molecule has 0 saturated heterocycles. The molecule has 2 N–H and O–H groups in total. The Morgan fingerprint density at radius 3 is 2.50 bits per heavy atom. The number of amides is 1. The van der Waals surface area contributed by atoms with Gasteiger partial charge in [0, 0.05) is 12.1 Å². The predicted molar refractivity (Wildman–Crippen MR) is 94.4 cm³/mol. The monoisotopic (exact) mass is 356 g/mol. The van der Waals surface area contributed by atoms with E-state index in [-0.39, 0.29) is 30.6 Å². The first-order valence-electron chi connectivity index (χ1n) is 8.81. The molecule has 6 heteroatoms. The zero-order chi connectivity index (χ0) is 18.1. The van der Waals surface area contributed by atoms with Crippen molar-refractivity contribution in [3.63, 3.8) is 0 Å². The van der Waals surface area contributed by atoms with Crippen LogP contribution in [0.25, 0.3) is 0 Å². The fourth-order valence-electron chi connectivity index (χ4n) is 3.02. The summed E-state index contributed by atoms with van der Waals surface area (Å²) in [6, 6.07) is 11.4. The molecule has 136 valence electrons. The molecule has 1 amide bonds. The molecule has 0 unspecified atom stereocenters. The molecule has 4 rings (SSSR count). The maximum absolute atomic E-state index is 13.3. The minimum atomic E-state index is -0.559. The molecule has 26 heavy (non-hydrogen) atoms. The van der Waals surface area contributed by atoms with Crippen molar-refractivity contribution in [3.05, 3.63) is 59.4 Å².